The molecule has 0 saturated carbocycles. The number of aromatic nitrogens is 1. The zero-order valence-corrected chi connectivity index (χ0v) is 7.73. The molecule has 13 heavy (non-hydrogen) atoms. The lowest BCUT2D eigenvalue weighted by atomic mass is 10.2. The molecule has 1 heterocycles. The highest BCUT2D eigenvalue weighted by Gasteiger charge is 2.08. The van der Waals surface area contributed by atoms with Gasteiger partial charge in [0, 0.05) is 26.0 Å². The van der Waals surface area contributed by atoms with E-state index in [1.165, 1.54) is 0 Å². The van der Waals surface area contributed by atoms with Crippen LogP contribution in [0.25, 0.3) is 0 Å². The Bertz CT molecular complexity index is 244. The summed E-state index contributed by atoms with van der Waals surface area (Å²) >= 11 is 0. The Balaban J connectivity index is 2.78. The molecule has 0 fully saturated rings. The van der Waals surface area contributed by atoms with Crippen molar-refractivity contribution in [2.75, 3.05) is 14.2 Å². The van der Waals surface area contributed by atoms with Gasteiger partial charge in [0.2, 0.25) is 0 Å². The summed E-state index contributed by atoms with van der Waals surface area (Å²) in [4.78, 5) is 4.00. The molecule has 1 aromatic rings. The molecule has 0 atom stereocenters. The molecule has 0 unspecified atom stereocenters. The van der Waals surface area contributed by atoms with Crippen LogP contribution in [-0.4, -0.2) is 24.3 Å². The van der Waals surface area contributed by atoms with Crippen LogP contribution < -0.4 is 0 Å². The Kier molecular flexibility index (Phi) is 3.82. The first-order chi connectivity index (χ1) is 6.31. The molecule has 1 N–H and O–H groups in total. The van der Waals surface area contributed by atoms with Crippen molar-refractivity contribution in [1.29, 1.82) is 0 Å². The summed E-state index contributed by atoms with van der Waals surface area (Å²) in [5, 5.41) is 8.76. The topological polar surface area (TPSA) is 51.6 Å². The first-order valence-corrected chi connectivity index (χ1v) is 3.93. The zero-order chi connectivity index (χ0) is 9.68. The third kappa shape index (κ3) is 2.48. The molecule has 0 aliphatic heterocycles. The molecular weight excluding hydrogens is 170 g/mol. The van der Waals surface area contributed by atoms with Gasteiger partial charge in [0.05, 0.1) is 12.3 Å². The highest BCUT2D eigenvalue weighted by Crippen LogP contribution is 2.15. The first-order valence-electron chi connectivity index (χ1n) is 3.93. The molecule has 0 bridgehead atoms. The molecule has 4 heteroatoms. The number of aliphatic hydroxyl groups excluding tert-OH is 1. The fourth-order valence-corrected chi connectivity index (χ4v) is 1.04. The fourth-order valence-electron chi connectivity index (χ4n) is 1.04. The second kappa shape index (κ2) is 4.91. The van der Waals surface area contributed by atoms with E-state index in [2.05, 4.69) is 4.98 Å². The number of aliphatic hydroxyl groups is 1. The van der Waals surface area contributed by atoms with Crippen molar-refractivity contribution in [2.45, 2.75) is 12.9 Å². The van der Waals surface area contributed by atoms with E-state index in [4.69, 9.17) is 14.6 Å². The van der Waals surface area contributed by atoms with E-state index in [1.807, 2.05) is 6.07 Å². The van der Waals surface area contributed by atoms with Crippen molar-refractivity contribution in [1.82, 2.24) is 4.98 Å². The van der Waals surface area contributed by atoms with Crippen molar-refractivity contribution in [2.24, 2.45) is 0 Å². The molecule has 72 valence electrons. The van der Waals surface area contributed by atoms with Gasteiger partial charge in [-0.25, -0.2) is 0 Å². The summed E-state index contributed by atoms with van der Waals surface area (Å²) in [7, 11) is 3.13. The van der Waals surface area contributed by atoms with Gasteiger partial charge in [-0.3, -0.25) is 4.98 Å². The van der Waals surface area contributed by atoms with Gasteiger partial charge >= 0.3 is 0 Å². The Hall–Kier alpha value is -0.970. The van der Waals surface area contributed by atoms with Gasteiger partial charge < -0.3 is 14.6 Å². The smallest absolute Gasteiger partial charge is 0.184 e. The van der Waals surface area contributed by atoms with E-state index >= 15 is 0 Å². The first kappa shape index (κ1) is 10.1. The second-order valence-electron chi connectivity index (χ2n) is 2.54. The predicted molar refractivity (Wildman–Crippen MR) is 46.9 cm³/mol. The van der Waals surface area contributed by atoms with Gasteiger partial charge in [0.1, 0.15) is 0 Å². The second-order valence-corrected chi connectivity index (χ2v) is 2.54. The molecule has 0 radical (unpaired) electrons. The summed E-state index contributed by atoms with van der Waals surface area (Å²) < 4.78 is 10.1. The number of hydrogen-bond acceptors (Lipinski definition) is 4. The van der Waals surface area contributed by atoms with E-state index in [9.17, 15) is 0 Å². The monoisotopic (exact) mass is 183 g/mol. The molecule has 4 nitrogen and oxygen atoms in total. The number of hydrogen-bond donors (Lipinski definition) is 1. The Morgan fingerprint density at radius 3 is 2.46 bits per heavy atom. The zero-order valence-electron chi connectivity index (χ0n) is 7.73. The van der Waals surface area contributed by atoms with Crippen molar-refractivity contribution in [3.8, 4) is 0 Å². The lowest BCUT2D eigenvalue weighted by molar-refractivity contribution is -0.106. The van der Waals surface area contributed by atoms with E-state index < -0.39 is 0 Å². The largest absolute Gasteiger partial charge is 0.390 e. The maximum Gasteiger partial charge on any atom is 0.184 e. The maximum atomic E-state index is 8.76. The van der Waals surface area contributed by atoms with Crippen molar-refractivity contribution >= 4 is 0 Å². The lowest BCUT2D eigenvalue weighted by Crippen LogP contribution is -2.04. The number of pyridine rings is 1. The summed E-state index contributed by atoms with van der Waals surface area (Å²) in [6.45, 7) is -0.0507. The standard InChI is InChI=1S/C9H13NO3/c1-12-9(13-2)7-3-4-8(6-11)10-5-7/h3-5,9,11H,6H2,1-2H3. The normalized spacial score (nSPS) is 10.8. The highest BCUT2D eigenvalue weighted by atomic mass is 16.7. The number of nitrogens with zero attached hydrogens (tertiary/aromatic N) is 1. The average molecular weight is 183 g/mol. The van der Waals surface area contributed by atoms with Gasteiger partial charge in [-0.05, 0) is 6.07 Å². The molecule has 0 aliphatic rings. The quantitative estimate of drug-likeness (QED) is 0.703. The summed E-state index contributed by atoms with van der Waals surface area (Å²) in [5.74, 6) is 0. The number of rotatable bonds is 4. The van der Waals surface area contributed by atoms with Crippen LogP contribution in [0.4, 0.5) is 0 Å². The van der Waals surface area contributed by atoms with Crippen LogP contribution in [0.15, 0.2) is 18.3 Å². The van der Waals surface area contributed by atoms with E-state index in [0.717, 1.165) is 5.56 Å². The molecule has 0 saturated heterocycles. The third-order valence-electron chi connectivity index (χ3n) is 1.71. The predicted octanol–water partition coefficient (Wildman–Crippen LogP) is 0.865. The Morgan fingerprint density at radius 1 is 1.38 bits per heavy atom. The van der Waals surface area contributed by atoms with Gasteiger partial charge in [-0.15, -0.1) is 0 Å². The number of methoxy groups -OCH3 is 2. The lowest BCUT2D eigenvalue weighted by Gasteiger charge is -2.12. The van der Waals surface area contributed by atoms with Crippen LogP contribution in [0, 0.1) is 0 Å². The minimum Gasteiger partial charge on any atom is -0.390 e. The fraction of sp³-hybridized carbons (Fsp3) is 0.444. The number of ether oxygens (including phenoxy) is 2. The molecular formula is C9H13NO3. The van der Waals surface area contributed by atoms with Crippen LogP contribution in [0.5, 0.6) is 0 Å². The average Bonchev–Trinajstić information content (AvgIpc) is 2.21. The van der Waals surface area contributed by atoms with Crippen molar-refractivity contribution in [3.63, 3.8) is 0 Å². The third-order valence-corrected chi connectivity index (χ3v) is 1.71. The Labute approximate surface area is 77.1 Å². The van der Waals surface area contributed by atoms with Crippen LogP contribution in [0.1, 0.15) is 17.5 Å². The highest BCUT2D eigenvalue weighted by molar-refractivity contribution is 5.14. The molecule has 0 spiro atoms. The van der Waals surface area contributed by atoms with Gasteiger partial charge in [-0.1, -0.05) is 6.07 Å². The molecule has 1 aromatic heterocycles. The van der Waals surface area contributed by atoms with Gasteiger partial charge in [0.25, 0.3) is 0 Å². The van der Waals surface area contributed by atoms with Gasteiger partial charge in [0.15, 0.2) is 6.29 Å². The summed E-state index contributed by atoms with van der Waals surface area (Å²) in [6, 6.07) is 3.55. The van der Waals surface area contributed by atoms with Gasteiger partial charge in [-0.2, -0.15) is 0 Å². The minimum absolute atomic E-state index is 0.0507. The SMILES string of the molecule is COC(OC)c1ccc(CO)nc1. The maximum absolute atomic E-state index is 8.76. The van der Waals surface area contributed by atoms with Crippen LogP contribution >= 0.6 is 0 Å². The molecule has 0 aliphatic carbocycles. The van der Waals surface area contributed by atoms with Crippen LogP contribution in [0.3, 0.4) is 0 Å². The van der Waals surface area contributed by atoms with Crippen molar-refractivity contribution in [3.05, 3.63) is 29.6 Å². The van der Waals surface area contributed by atoms with Crippen LogP contribution in [0.2, 0.25) is 0 Å². The van der Waals surface area contributed by atoms with E-state index in [-0.39, 0.29) is 12.9 Å². The molecule has 1 rings (SSSR count). The van der Waals surface area contributed by atoms with Crippen LogP contribution in [-0.2, 0) is 16.1 Å². The van der Waals surface area contributed by atoms with E-state index in [0.29, 0.717) is 5.69 Å². The Morgan fingerprint density at radius 2 is 2.08 bits per heavy atom. The molecule has 0 aromatic carbocycles. The van der Waals surface area contributed by atoms with Crippen molar-refractivity contribution < 1.29 is 14.6 Å². The minimum atomic E-state index is -0.389. The summed E-state index contributed by atoms with van der Waals surface area (Å²) in [6.07, 6.45) is 1.24. The van der Waals surface area contributed by atoms with E-state index in [1.54, 1.807) is 26.5 Å². The molecule has 0 amide bonds. The summed E-state index contributed by atoms with van der Waals surface area (Å²) in [5.41, 5.74) is 1.47.